The molecule has 8 heteroatoms. The van der Waals surface area contributed by atoms with Crippen molar-refractivity contribution in [3.63, 3.8) is 0 Å². The van der Waals surface area contributed by atoms with E-state index in [0.717, 1.165) is 5.56 Å². The third-order valence-electron chi connectivity index (χ3n) is 4.75. The van der Waals surface area contributed by atoms with Gasteiger partial charge in [-0.1, -0.05) is 30.3 Å². The molecule has 1 saturated heterocycles. The van der Waals surface area contributed by atoms with Crippen molar-refractivity contribution >= 4 is 19.7 Å². The number of benzene rings is 2. The van der Waals surface area contributed by atoms with Gasteiger partial charge in [0.15, 0.2) is 19.7 Å². The van der Waals surface area contributed by atoms with Crippen LogP contribution in [0.25, 0.3) is 0 Å². The largest absolute Gasteiger partial charge is 0.497 e. The summed E-state index contributed by atoms with van der Waals surface area (Å²) in [5.74, 6) is 0.0252. The Morgan fingerprint density at radius 2 is 1.70 bits per heavy atom. The second-order valence-electron chi connectivity index (χ2n) is 6.63. The second-order valence-corrected chi connectivity index (χ2v) is 11.0. The van der Waals surface area contributed by atoms with Gasteiger partial charge in [0, 0.05) is 6.04 Å². The minimum atomic E-state index is -3.78. The molecule has 0 radical (unpaired) electrons. The summed E-state index contributed by atoms with van der Waals surface area (Å²) < 4.78 is 55.4. The van der Waals surface area contributed by atoms with E-state index < -0.39 is 31.0 Å². The quantitative estimate of drug-likeness (QED) is 0.745. The summed E-state index contributed by atoms with van der Waals surface area (Å²) in [6.07, 6.45) is 0.701. The SMILES string of the molecule is COc1ccc(S(=O)(=O)C2CS(=O)(=O)CC2NCCc2ccccc2)cc1. The van der Waals surface area contributed by atoms with Crippen LogP contribution in [0.5, 0.6) is 5.75 Å². The Morgan fingerprint density at radius 1 is 1.04 bits per heavy atom. The lowest BCUT2D eigenvalue weighted by Gasteiger charge is -2.20. The Kier molecular flexibility index (Phi) is 5.88. The van der Waals surface area contributed by atoms with Crippen molar-refractivity contribution in [1.29, 1.82) is 0 Å². The summed E-state index contributed by atoms with van der Waals surface area (Å²) in [6, 6.07) is 15.2. The molecule has 1 fully saturated rings. The van der Waals surface area contributed by atoms with Crippen LogP contribution in [0.15, 0.2) is 59.5 Å². The van der Waals surface area contributed by atoms with Crippen LogP contribution in [0.3, 0.4) is 0 Å². The lowest BCUT2D eigenvalue weighted by molar-refractivity contribution is 0.414. The summed E-state index contributed by atoms with van der Waals surface area (Å²) in [5, 5.41) is 2.16. The molecule has 0 spiro atoms. The molecule has 1 aliphatic heterocycles. The third kappa shape index (κ3) is 4.69. The highest BCUT2D eigenvalue weighted by atomic mass is 32.2. The van der Waals surface area contributed by atoms with Crippen LogP contribution in [-0.2, 0) is 26.1 Å². The molecule has 2 aromatic carbocycles. The van der Waals surface area contributed by atoms with Gasteiger partial charge in [-0.05, 0) is 42.8 Å². The number of hydrogen-bond acceptors (Lipinski definition) is 6. The fourth-order valence-electron chi connectivity index (χ4n) is 3.30. The van der Waals surface area contributed by atoms with Crippen LogP contribution in [0, 0.1) is 0 Å². The molecule has 0 aromatic heterocycles. The van der Waals surface area contributed by atoms with E-state index in [1.54, 1.807) is 12.1 Å². The van der Waals surface area contributed by atoms with Crippen LogP contribution < -0.4 is 10.1 Å². The summed E-state index contributed by atoms with van der Waals surface area (Å²) in [5.41, 5.74) is 1.11. The molecular formula is C19H23NO5S2. The zero-order chi connectivity index (χ0) is 19.5. The van der Waals surface area contributed by atoms with Crippen molar-refractivity contribution in [2.75, 3.05) is 25.2 Å². The second kappa shape index (κ2) is 8.00. The summed E-state index contributed by atoms with van der Waals surface area (Å²) >= 11 is 0. The Bertz CT molecular complexity index is 971. The molecule has 3 rings (SSSR count). The molecule has 2 atom stereocenters. The average Bonchev–Trinajstić information content (AvgIpc) is 2.98. The lowest BCUT2D eigenvalue weighted by Crippen LogP contribution is -2.44. The van der Waals surface area contributed by atoms with E-state index in [9.17, 15) is 16.8 Å². The van der Waals surface area contributed by atoms with Crippen molar-refractivity contribution < 1.29 is 21.6 Å². The third-order valence-corrected chi connectivity index (χ3v) is 8.92. The van der Waals surface area contributed by atoms with Gasteiger partial charge in [0.1, 0.15) is 5.75 Å². The average molecular weight is 410 g/mol. The van der Waals surface area contributed by atoms with Gasteiger partial charge in [-0.3, -0.25) is 0 Å². The van der Waals surface area contributed by atoms with Crippen LogP contribution in [0.1, 0.15) is 5.56 Å². The minimum absolute atomic E-state index is 0.111. The van der Waals surface area contributed by atoms with Crippen molar-refractivity contribution in [3.8, 4) is 5.75 Å². The van der Waals surface area contributed by atoms with E-state index in [1.807, 2.05) is 30.3 Å². The first-order chi connectivity index (χ1) is 12.8. The van der Waals surface area contributed by atoms with E-state index in [1.165, 1.54) is 19.2 Å². The van der Waals surface area contributed by atoms with E-state index in [2.05, 4.69) is 5.32 Å². The van der Waals surface area contributed by atoms with Crippen LogP contribution in [0.2, 0.25) is 0 Å². The van der Waals surface area contributed by atoms with Gasteiger partial charge in [-0.2, -0.15) is 0 Å². The van der Waals surface area contributed by atoms with Gasteiger partial charge in [0.2, 0.25) is 0 Å². The highest BCUT2D eigenvalue weighted by Crippen LogP contribution is 2.27. The van der Waals surface area contributed by atoms with Gasteiger partial charge in [0.25, 0.3) is 0 Å². The Balaban J connectivity index is 1.76. The number of sulfone groups is 2. The topological polar surface area (TPSA) is 89.5 Å². The molecule has 2 unspecified atom stereocenters. The van der Waals surface area contributed by atoms with Crippen LogP contribution in [0.4, 0.5) is 0 Å². The number of ether oxygens (including phenoxy) is 1. The van der Waals surface area contributed by atoms with E-state index in [0.29, 0.717) is 18.7 Å². The fourth-order valence-corrected chi connectivity index (χ4v) is 8.02. The molecule has 0 saturated carbocycles. The van der Waals surface area contributed by atoms with Crippen molar-refractivity contribution in [3.05, 3.63) is 60.2 Å². The Morgan fingerprint density at radius 3 is 2.33 bits per heavy atom. The first-order valence-electron chi connectivity index (χ1n) is 8.67. The molecule has 1 heterocycles. The normalized spacial score (nSPS) is 21.8. The smallest absolute Gasteiger partial charge is 0.183 e. The van der Waals surface area contributed by atoms with Crippen molar-refractivity contribution in [2.45, 2.75) is 22.6 Å². The van der Waals surface area contributed by atoms with Crippen molar-refractivity contribution in [1.82, 2.24) is 5.32 Å². The molecule has 27 heavy (non-hydrogen) atoms. The Hall–Kier alpha value is -1.90. The van der Waals surface area contributed by atoms with E-state index in [-0.39, 0.29) is 16.4 Å². The predicted molar refractivity (Wildman–Crippen MR) is 105 cm³/mol. The summed E-state index contributed by atoms with van der Waals surface area (Å²) in [4.78, 5) is 0.111. The highest BCUT2D eigenvalue weighted by Gasteiger charge is 2.45. The first-order valence-corrected chi connectivity index (χ1v) is 12.0. The number of nitrogens with one attached hydrogen (secondary N) is 1. The van der Waals surface area contributed by atoms with E-state index >= 15 is 0 Å². The van der Waals surface area contributed by atoms with Crippen LogP contribution >= 0.6 is 0 Å². The summed E-state index contributed by atoms with van der Waals surface area (Å²) in [6.45, 7) is 0.513. The van der Waals surface area contributed by atoms with Crippen LogP contribution in [-0.4, -0.2) is 53.3 Å². The monoisotopic (exact) mass is 409 g/mol. The van der Waals surface area contributed by atoms with Gasteiger partial charge in [0.05, 0.1) is 28.8 Å². The number of methoxy groups -OCH3 is 1. The Labute approximate surface area is 160 Å². The molecule has 6 nitrogen and oxygen atoms in total. The highest BCUT2D eigenvalue weighted by molar-refractivity contribution is 7.96. The van der Waals surface area contributed by atoms with Gasteiger partial charge >= 0.3 is 0 Å². The molecule has 0 amide bonds. The molecule has 1 aliphatic rings. The van der Waals surface area contributed by atoms with Gasteiger partial charge in [-0.25, -0.2) is 16.8 Å². The maximum absolute atomic E-state index is 13.0. The lowest BCUT2D eigenvalue weighted by atomic mass is 10.1. The summed E-state index contributed by atoms with van der Waals surface area (Å²) in [7, 11) is -5.69. The predicted octanol–water partition coefficient (Wildman–Crippen LogP) is 1.47. The zero-order valence-electron chi connectivity index (χ0n) is 15.0. The first kappa shape index (κ1) is 19.9. The maximum atomic E-state index is 13.0. The standard InChI is InChI=1S/C19H23NO5S2/c1-25-16-7-9-17(10-8-16)27(23,24)19-14-26(21,22)13-18(19)20-12-11-15-5-3-2-4-6-15/h2-10,18-20H,11-14H2,1H3. The number of hydrogen-bond donors (Lipinski definition) is 1. The van der Waals surface area contributed by atoms with Gasteiger partial charge < -0.3 is 10.1 Å². The van der Waals surface area contributed by atoms with E-state index in [4.69, 9.17) is 4.74 Å². The maximum Gasteiger partial charge on any atom is 0.183 e. The molecular weight excluding hydrogens is 386 g/mol. The minimum Gasteiger partial charge on any atom is -0.497 e. The zero-order valence-corrected chi connectivity index (χ0v) is 16.7. The fraction of sp³-hybridized carbons (Fsp3) is 0.368. The molecule has 1 N–H and O–H groups in total. The molecule has 0 aliphatic carbocycles. The van der Waals surface area contributed by atoms with Crippen molar-refractivity contribution in [2.24, 2.45) is 0 Å². The molecule has 0 bridgehead atoms. The van der Waals surface area contributed by atoms with Gasteiger partial charge in [-0.15, -0.1) is 0 Å². The number of rotatable bonds is 7. The molecule has 146 valence electrons. The molecule has 2 aromatic rings.